The van der Waals surface area contributed by atoms with Crippen LogP contribution in [0.2, 0.25) is 0 Å². The number of aromatic nitrogens is 1. The Hall–Kier alpha value is -1.46. The maximum Gasteiger partial charge on any atom is 0.226 e. The summed E-state index contributed by atoms with van der Waals surface area (Å²) in [6, 6.07) is 6.01. The molecule has 0 bridgehead atoms. The molecule has 0 aromatic carbocycles. The van der Waals surface area contributed by atoms with Gasteiger partial charge < -0.3 is 14.4 Å². The topological polar surface area (TPSA) is 51.7 Å². The van der Waals surface area contributed by atoms with Gasteiger partial charge in [0, 0.05) is 24.8 Å². The molecule has 1 amide bonds. The van der Waals surface area contributed by atoms with E-state index in [-0.39, 0.29) is 11.5 Å². The second-order valence-corrected chi connectivity index (χ2v) is 8.02. The standard InChI is InChI=1S/C20H28N2O3/c1-14-10-18(14)19(23)22-12-20(13-22)16(7-9-25-20)6-8-24-11-17-5-3-4-15(2)21-17/h3-5,14,16,18H,6-13H2,1-2H3/t14-,16-,18-/m1/s1. The molecule has 3 aliphatic rings. The summed E-state index contributed by atoms with van der Waals surface area (Å²) >= 11 is 0. The van der Waals surface area contributed by atoms with Crippen LogP contribution in [0.15, 0.2) is 18.2 Å². The highest BCUT2D eigenvalue weighted by Gasteiger charge is 2.56. The highest BCUT2D eigenvalue weighted by atomic mass is 16.5. The first-order valence-corrected chi connectivity index (χ1v) is 9.50. The summed E-state index contributed by atoms with van der Waals surface area (Å²) in [4.78, 5) is 18.8. The average Bonchev–Trinajstić information content (AvgIpc) is 3.13. The monoisotopic (exact) mass is 344 g/mol. The van der Waals surface area contributed by atoms with Gasteiger partial charge in [-0.1, -0.05) is 13.0 Å². The Morgan fingerprint density at radius 2 is 2.24 bits per heavy atom. The molecule has 0 unspecified atom stereocenters. The number of nitrogens with zero attached hydrogens (tertiary/aromatic N) is 2. The molecular formula is C20H28N2O3. The first-order chi connectivity index (χ1) is 12.1. The van der Waals surface area contributed by atoms with Crippen molar-refractivity contribution in [3.63, 3.8) is 0 Å². The maximum atomic E-state index is 12.3. The van der Waals surface area contributed by atoms with Crippen LogP contribution in [0.1, 0.15) is 37.6 Å². The largest absolute Gasteiger partial charge is 0.375 e. The fourth-order valence-electron chi connectivity index (χ4n) is 4.28. The van der Waals surface area contributed by atoms with Crippen molar-refractivity contribution in [1.82, 2.24) is 9.88 Å². The van der Waals surface area contributed by atoms with Crippen molar-refractivity contribution >= 4 is 5.91 Å². The van der Waals surface area contributed by atoms with Gasteiger partial charge in [-0.05, 0) is 50.2 Å². The molecule has 1 saturated carbocycles. The highest BCUT2D eigenvalue weighted by molar-refractivity contribution is 5.82. The van der Waals surface area contributed by atoms with Gasteiger partial charge in [0.25, 0.3) is 0 Å². The molecule has 3 heterocycles. The van der Waals surface area contributed by atoms with Gasteiger partial charge in [0.05, 0.1) is 25.4 Å². The van der Waals surface area contributed by atoms with E-state index in [4.69, 9.17) is 9.47 Å². The predicted molar refractivity (Wildman–Crippen MR) is 93.9 cm³/mol. The Morgan fingerprint density at radius 1 is 1.44 bits per heavy atom. The molecule has 4 rings (SSSR count). The molecular weight excluding hydrogens is 316 g/mol. The number of hydrogen-bond acceptors (Lipinski definition) is 4. The third kappa shape index (κ3) is 3.44. The van der Waals surface area contributed by atoms with Crippen molar-refractivity contribution < 1.29 is 14.3 Å². The van der Waals surface area contributed by atoms with E-state index in [1.54, 1.807) is 0 Å². The van der Waals surface area contributed by atoms with Crippen molar-refractivity contribution in [3.8, 4) is 0 Å². The lowest BCUT2D eigenvalue weighted by Crippen LogP contribution is -2.66. The van der Waals surface area contributed by atoms with Crippen molar-refractivity contribution in [2.45, 2.75) is 45.3 Å². The van der Waals surface area contributed by atoms with Gasteiger partial charge in [-0.25, -0.2) is 0 Å². The summed E-state index contributed by atoms with van der Waals surface area (Å²) in [6.45, 7) is 7.80. The van der Waals surface area contributed by atoms with E-state index in [1.165, 1.54) is 0 Å². The zero-order chi connectivity index (χ0) is 17.4. The SMILES string of the molecule is Cc1cccc(COCC[C@@H]2CCOC23CN(C(=O)[C@@H]2C[C@H]2C)C3)n1. The van der Waals surface area contributed by atoms with Crippen LogP contribution in [0.5, 0.6) is 0 Å². The number of amides is 1. The van der Waals surface area contributed by atoms with Crippen LogP contribution in [0.3, 0.4) is 0 Å². The van der Waals surface area contributed by atoms with Crippen molar-refractivity contribution in [3.05, 3.63) is 29.6 Å². The molecule has 25 heavy (non-hydrogen) atoms. The molecule has 5 nitrogen and oxygen atoms in total. The summed E-state index contributed by atoms with van der Waals surface area (Å²) in [5.41, 5.74) is 1.91. The summed E-state index contributed by atoms with van der Waals surface area (Å²) < 4.78 is 11.9. The smallest absolute Gasteiger partial charge is 0.226 e. The molecule has 0 N–H and O–H groups in total. The van der Waals surface area contributed by atoms with E-state index in [2.05, 4.69) is 11.9 Å². The van der Waals surface area contributed by atoms with E-state index in [1.807, 2.05) is 30.0 Å². The van der Waals surface area contributed by atoms with Crippen molar-refractivity contribution in [1.29, 1.82) is 0 Å². The summed E-state index contributed by atoms with van der Waals surface area (Å²) in [5.74, 6) is 1.70. The van der Waals surface area contributed by atoms with Crippen LogP contribution in [-0.2, 0) is 20.9 Å². The number of hydrogen-bond donors (Lipinski definition) is 0. The molecule has 0 radical (unpaired) electrons. The lowest BCUT2D eigenvalue weighted by molar-refractivity contribution is -0.167. The lowest BCUT2D eigenvalue weighted by Gasteiger charge is -2.50. The molecule has 2 saturated heterocycles. The Balaban J connectivity index is 1.22. The van der Waals surface area contributed by atoms with Crippen LogP contribution < -0.4 is 0 Å². The molecule has 1 aromatic heterocycles. The first kappa shape index (κ1) is 17.0. The van der Waals surface area contributed by atoms with Crippen molar-refractivity contribution in [2.24, 2.45) is 17.8 Å². The number of carbonyl (C=O) groups excluding carboxylic acids is 1. The molecule has 3 atom stereocenters. The fourth-order valence-corrected chi connectivity index (χ4v) is 4.28. The third-order valence-electron chi connectivity index (χ3n) is 6.06. The molecule has 5 heteroatoms. The van der Waals surface area contributed by atoms with E-state index in [0.717, 1.165) is 57.0 Å². The molecule has 1 aromatic rings. The maximum absolute atomic E-state index is 12.3. The van der Waals surface area contributed by atoms with Crippen LogP contribution in [0, 0.1) is 24.7 Å². The first-order valence-electron chi connectivity index (χ1n) is 9.50. The van der Waals surface area contributed by atoms with Crippen molar-refractivity contribution in [2.75, 3.05) is 26.3 Å². The van der Waals surface area contributed by atoms with Crippen LogP contribution in [0.25, 0.3) is 0 Å². The molecule has 136 valence electrons. The quantitative estimate of drug-likeness (QED) is 0.744. The summed E-state index contributed by atoms with van der Waals surface area (Å²) in [5, 5.41) is 0. The van der Waals surface area contributed by atoms with Gasteiger partial charge in [0.15, 0.2) is 0 Å². The van der Waals surface area contributed by atoms with Crippen LogP contribution in [-0.4, -0.2) is 47.7 Å². The minimum Gasteiger partial charge on any atom is -0.375 e. The fraction of sp³-hybridized carbons (Fsp3) is 0.700. The number of aryl methyl sites for hydroxylation is 1. The Bertz CT molecular complexity index is 642. The minimum atomic E-state index is -0.0985. The number of carbonyl (C=O) groups is 1. The van der Waals surface area contributed by atoms with Gasteiger partial charge in [-0.2, -0.15) is 0 Å². The Morgan fingerprint density at radius 3 is 2.96 bits per heavy atom. The molecule has 1 spiro atoms. The molecule has 1 aliphatic carbocycles. The highest BCUT2D eigenvalue weighted by Crippen LogP contribution is 2.45. The normalized spacial score (nSPS) is 29.7. The van der Waals surface area contributed by atoms with Gasteiger partial charge in [-0.15, -0.1) is 0 Å². The van der Waals surface area contributed by atoms with E-state index >= 15 is 0 Å². The zero-order valence-corrected chi connectivity index (χ0v) is 15.2. The number of rotatable bonds is 6. The average molecular weight is 344 g/mol. The number of ether oxygens (including phenoxy) is 2. The van der Waals surface area contributed by atoms with Crippen LogP contribution >= 0.6 is 0 Å². The van der Waals surface area contributed by atoms with E-state index in [0.29, 0.717) is 24.3 Å². The van der Waals surface area contributed by atoms with Gasteiger partial charge in [0.1, 0.15) is 5.60 Å². The van der Waals surface area contributed by atoms with E-state index < -0.39 is 0 Å². The Kier molecular flexibility index (Phi) is 4.54. The van der Waals surface area contributed by atoms with Gasteiger partial charge >= 0.3 is 0 Å². The second-order valence-electron chi connectivity index (χ2n) is 8.02. The third-order valence-corrected chi connectivity index (χ3v) is 6.06. The Labute approximate surface area is 149 Å². The second kappa shape index (κ2) is 6.69. The van der Waals surface area contributed by atoms with E-state index in [9.17, 15) is 4.79 Å². The summed E-state index contributed by atoms with van der Waals surface area (Å²) in [6.07, 6.45) is 3.13. The van der Waals surface area contributed by atoms with Crippen LogP contribution in [0.4, 0.5) is 0 Å². The van der Waals surface area contributed by atoms with Gasteiger partial charge in [0.2, 0.25) is 5.91 Å². The lowest BCUT2D eigenvalue weighted by atomic mass is 9.79. The zero-order valence-electron chi connectivity index (χ0n) is 15.2. The minimum absolute atomic E-state index is 0.0985. The predicted octanol–water partition coefficient (Wildman–Crippen LogP) is 2.57. The van der Waals surface area contributed by atoms with Gasteiger partial charge in [-0.3, -0.25) is 9.78 Å². The number of likely N-dealkylation sites (tertiary alicyclic amines) is 1. The number of pyridine rings is 1. The molecule has 3 fully saturated rings. The summed E-state index contributed by atoms with van der Waals surface area (Å²) in [7, 11) is 0. The molecule has 2 aliphatic heterocycles.